The van der Waals surface area contributed by atoms with Gasteiger partial charge in [0.2, 0.25) is 0 Å². The van der Waals surface area contributed by atoms with E-state index in [1.165, 1.54) is 11.8 Å². The second-order valence-electron chi connectivity index (χ2n) is 6.81. The van der Waals surface area contributed by atoms with E-state index >= 15 is 0 Å². The number of rotatable bonds is 5. The van der Waals surface area contributed by atoms with E-state index in [1.807, 2.05) is 45.0 Å². The summed E-state index contributed by atoms with van der Waals surface area (Å²) >= 11 is 1.47. The standard InChI is InChI=1S/C22H20N6OS/c1-14-11-18(30-22-23-9-4-10-24-22)6-7-19(14)26-21(29)17-5-8-20(25-13-17)28-16(3)12-15(2)27-28/h4-13H,1-3H3,(H,26,29). The maximum absolute atomic E-state index is 12.7. The normalized spacial score (nSPS) is 10.8. The Morgan fingerprint density at radius 3 is 2.43 bits per heavy atom. The van der Waals surface area contributed by atoms with Crippen molar-refractivity contribution in [3.05, 3.63) is 83.6 Å². The van der Waals surface area contributed by atoms with Crippen molar-refractivity contribution in [2.45, 2.75) is 30.8 Å². The maximum atomic E-state index is 12.7. The fraction of sp³-hybridized carbons (Fsp3) is 0.136. The van der Waals surface area contributed by atoms with Gasteiger partial charge in [-0.25, -0.2) is 19.6 Å². The number of amides is 1. The SMILES string of the molecule is Cc1cc(C)n(-c2ccc(C(=O)Nc3ccc(Sc4ncccn4)cc3C)cn2)n1. The highest BCUT2D eigenvalue weighted by molar-refractivity contribution is 7.99. The summed E-state index contributed by atoms with van der Waals surface area (Å²) in [6, 6.07) is 13.1. The molecule has 0 saturated heterocycles. The Hall–Kier alpha value is -3.52. The first kappa shape index (κ1) is 19.8. The van der Waals surface area contributed by atoms with Crippen LogP contribution in [0.1, 0.15) is 27.3 Å². The molecule has 0 aliphatic carbocycles. The van der Waals surface area contributed by atoms with Crippen LogP contribution in [0.3, 0.4) is 0 Å². The summed E-state index contributed by atoms with van der Waals surface area (Å²) < 4.78 is 1.76. The van der Waals surface area contributed by atoms with Crippen LogP contribution >= 0.6 is 11.8 Å². The number of hydrogen-bond donors (Lipinski definition) is 1. The number of hydrogen-bond acceptors (Lipinski definition) is 6. The van der Waals surface area contributed by atoms with E-state index in [-0.39, 0.29) is 5.91 Å². The topological polar surface area (TPSA) is 85.6 Å². The Morgan fingerprint density at radius 2 is 1.80 bits per heavy atom. The summed E-state index contributed by atoms with van der Waals surface area (Å²) in [6.45, 7) is 5.86. The number of pyridine rings is 1. The molecule has 4 aromatic rings. The molecule has 3 heterocycles. The minimum absolute atomic E-state index is 0.211. The zero-order valence-electron chi connectivity index (χ0n) is 16.8. The van der Waals surface area contributed by atoms with Crippen LogP contribution in [0, 0.1) is 20.8 Å². The molecule has 0 aliphatic heterocycles. The van der Waals surface area contributed by atoms with Crippen LogP contribution in [-0.4, -0.2) is 30.6 Å². The largest absolute Gasteiger partial charge is 0.322 e. The van der Waals surface area contributed by atoms with Crippen LogP contribution in [0.15, 0.2) is 71.1 Å². The van der Waals surface area contributed by atoms with E-state index in [4.69, 9.17) is 0 Å². The smallest absolute Gasteiger partial charge is 0.257 e. The molecule has 1 amide bonds. The molecular formula is C22H20N6OS. The monoisotopic (exact) mass is 416 g/mol. The lowest BCUT2D eigenvalue weighted by Gasteiger charge is -2.10. The van der Waals surface area contributed by atoms with Crippen molar-refractivity contribution in [1.82, 2.24) is 24.7 Å². The summed E-state index contributed by atoms with van der Waals surface area (Å²) in [7, 11) is 0. The van der Waals surface area contributed by atoms with E-state index in [1.54, 1.807) is 41.5 Å². The van der Waals surface area contributed by atoms with Gasteiger partial charge in [0.15, 0.2) is 11.0 Å². The third-order valence-electron chi connectivity index (χ3n) is 4.43. The molecule has 0 spiro atoms. The predicted octanol–water partition coefficient (Wildman–Crippen LogP) is 4.39. The maximum Gasteiger partial charge on any atom is 0.257 e. The average molecular weight is 417 g/mol. The molecule has 1 N–H and O–H groups in total. The second kappa shape index (κ2) is 8.46. The van der Waals surface area contributed by atoms with Gasteiger partial charge in [0.25, 0.3) is 5.91 Å². The Bertz CT molecular complexity index is 1190. The molecule has 0 atom stereocenters. The van der Waals surface area contributed by atoms with Gasteiger partial charge in [-0.3, -0.25) is 4.79 Å². The Labute approximate surface area is 178 Å². The van der Waals surface area contributed by atoms with Gasteiger partial charge in [-0.2, -0.15) is 5.10 Å². The van der Waals surface area contributed by atoms with Crippen LogP contribution in [0.25, 0.3) is 5.82 Å². The van der Waals surface area contributed by atoms with Crippen LogP contribution < -0.4 is 5.32 Å². The summed E-state index contributed by atoms with van der Waals surface area (Å²) in [5.41, 5.74) is 4.10. The van der Waals surface area contributed by atoms with Gasteiger partial charge in [-0.05, 0) is 80.6 Å². The molecule has 8 heteroatoms. The van der Waals surface area contributed by atoms with E-state index in [0.29, 0.717) is 16.5 Å². The molecule has 0 bridgehead atoms. The number of benzene rings is 1. The number of carbonyl (C=O) groups excluding carboxylic acids is 1. The first-order valence-corrected chi connectivity index (χ1v) is 10.2. The molecule has 7 nitrogen and oxygen atoms in total. The molecule has 0 saturated carbocycles. The number of nitrogens with one attached hydrogen (secondary N) is 1. The van der Waals surface area contributed by atoms with Gasteiger partial charge >= 0.3 is 0 Å². The zero-order chi connectivity index (χ0) is 21.1. The Kier molecular flexibility index (Phi) is 5.58. The fourth-order valence-corrected chi connectivity index (χ4v) is 3.79. The van der Waals surface area contributed by atoms with E-state index < -0.39 is 0 Å². The van der Waals surface area contributed by atoms with Crippen molar-refractivity contribution in [3.8, 4) is 5.82 Å². The summed E-state index contributed by atoms with van der Waals surface area (Å²) in [5, 5.41) is 8.05. The van der Waals surface area contributed by atoms with Gasteiger partial charge in [-0.15, -0.1) is 0 Å². The van der Waals surface area contributed by atoms with Crippen LogP contribution in [-0.2, 0) is 0 Å². The van der Waals surface area contributed by atoms with E-state index in [2.05, 4.69) is 25.4 Å². The van der Waals surface area contributed by atoms with Gasteiger partial charge in [0.05, 0.1) is 11.3 Å². The van der Waals surface area contributed by atoms with Crippen molar-refractivity contribution < 1.29 is 4.79 Å². The van der Waals surface area contributed by atoms with Gasteiger partial charge in [0.1, 0.15) is 0 Å². The molecular weight excluding hydrogens is 396 g/mol. The second-order valence-corrected chi connectivity index (χ2v) is 7.85. The molecule has 0 aliphatic rings. The lowest BCUT2D eigenvalue weighted by molar-refractivity contribution is 0.102. The first-order valence-electron chi connectivity index (χ1n) is 9.36. The fourth-order valence-electron chi connectivity index (χ4n) is 2.98. The lowest BCUT2D eigenvalue weighted by atomic mass is 10.2. The number of anilines is 1. The number of nitrogens with zero attached hydrogens (tertiary/aromatic N) is 5. The summed E-state index contributed by atoms with van der Waals surface area (Å²) in [6.07, 6.45) is 4.99. The molecule has 3 aromatic heterocycles. The van der Waals surface area contributed by atoms with E-state index in [0.717, 1.165) is 27.5 Å². The Morgan fingerprint density at radius 1 is 1.00 bits per heavy atom. The van der Waals surface area contributed by atoms with E-state index in [9.17, 15) is 4.79 Å². The molecule has 150 valence electrons. The third kappa shape index (κ3) is 4.38. The van der Waals surface area contributed by atoms with Crippen molar-refractivity contribution in [3.63, 3.8) is 0 Å². The molecule has 4 rings (SSSR count). The molecule has 0 fully saturated rings. The molecule has 0 radical (unpaired) electrons. The molecule has 30 heavy (non-hydrogen) atoms. The van der Waals surface area contributed by atoms with Crippen molar-refractivity contribution in [2.24, 2.45) is 0 Å². The highest BCUT2D eigenvalue weighted by Gasteiger charge is 2.11. The van der Waals surface area contributed by atoms with Crippen LogP contribution in [0.5, 0.6) is 0 Å². The number of aryl methyl sites for hydroxylation is 3. The van der Waals surface area contributed by atoms with Gasteiger partial charge in [0, 0.05) is 34.9 Å². The highest BCUT2D eigenvalue weighted by atomic mass is 32.2. The quantitative estimate of drug-likeness (QED) is 0.486. The minimum Gasteiger partial charge on any atom is -0.322 e. The average Bonchev–Trinajstić information content (AvgIpc) is 3.09. The minimum atomic E-state index is -0.211. The molecule has 1 aromatic carbocycles. The Balaban J connectivity index is 1.46. The van der Waals surface area contributed by atoms with Gasteiger partial charge < -0.3 is 5.32 Å². The number of aromatic nitrogens is 5. The summed E-state index contributed by atoms with van der Waals surface area (Å²) in [5.74, 6) is 0.468. The number of carbonyl (C=O) groups is 1. The van der Waals surface area contributed by atoms with Crippen LogP contribution in [0.2, 0.25) is 0 Å². The zero-order valence-corrected chi connectivity index (χ0v) is 17.6. The predicted molar refractivity (Wildman–Crippen MR) is 116 cm³/mol. The third-order valence-corrected chi connectivity index (χ3v) is 5.32. The summed E-state index contributed by atoms with van der Waals surface area (Å²) in [4.78, 5) is 26.5. The first-order chi connectivity index (χ1) is 14.5. The highest BCUT2D eigenvalue weighted by Crippen LogP contribution is 2.28. The van der Waals surface area contributed by atoms with Crippen molar-refractivity contribution in [2.75, 3.05) is 5.32 Å². The van der Waals surface area contributed by atoms with Gasteiger partial charge in [-0.1, -0.05) is 0 Å². The molecule has 0 unspecified atom stereocenters. The lowest BCUT2D eigenvalue weighted by Crippen LogP contribution is -2.13. The van der Waals surface area contributed by atoms with Crippen molar-refractivity contribution in [1.29, 1.82) is 0 Å². The van der Waals surface area contributed by atoms with Crippen molar-refractivity contribution >= 4 is 23.4 Å². The van der Waals surface area contributed by atoms with Crippen LogP contribution in [0.4, 0.5) is 5.69 Å².